The maximum Gasteiger partial charge on any atom is 0.293 e. The van der Waals surface area contributed by atoms with Crippen LogP contribution in [0.3, 0.4) is 0 Å². The van der Waals surface area contributed by atoms with Crippen molar-refractivity contribution >= 4 is 14.3 Å². The molecule has 0 spiro atoms. The van der Waals surface area contributed by atoms with Crippen LogP contribution < -0.4 is 0 Å². The molecule has 0 saturated heterocycles. The first-order chi connectivity index (χ1) is 8.77. The molecule has 0 bridgehead atoms. The number of hydrogen-bond donors (Lipinski definition) is 0. The smallest absolute Gasteiger partial charge is 0.293 e. The van der Waals surface area contributed by atoms with Crippen LogP contribution in [0, 0.1) is 10.8 Å². The van der Waals surface area contributed by atoms with Crippen molar-refractivity contribution in [3.8, 4) is 0 Å². The van der Waals surface area contributed by atoms with Crippen molar-refractivity contribution in [1.82, 2.24) is 0 Å². The van der Waals surface area contributed by atoms with Crippen LogP contribution in [0.15, 0.2) is 12.2 Å². The lowest BCUT2D eigenvalue weighted by Crippen LogP contribution is -2.43. The number of allylic oxidation sites excluding steroid dienone is 2. The van der Waals surface area contributed by atoms with Gasteiger partial charge in [-0.1, -0.05) is 53.7 Å². The minimum atomic E-state index is -1.99. The summed E-state index contributed by atoms with van der Waals surface area (Å²) in [6.07, 6.45) is 7.08. The molecule has 3 heteroatoms. The van der Waals surface area contributed by atoms with Crippen molar-refractivity contribution in [2.75, 3.05) is 0 Å². The number of hydrogen-bond acceptors (Lipinski definition) is 2. The lowest BCUT2D eigenvalue weighted by Gasteiger charge is -2.40. The fraction of sp³-hybridized carbons (Fsp3) is 0.824. The van der Waals surface area contributed by atoms with Gasteiger partial charge >= 0.3 is 0 Å². The van der Waals surface area contributed by atoms with Crippen molar-refractivity contribution in [1.29, 1.82) is 0 Å². The highest BCUT2D eigenvalue weighted by Crippen LogP contribution is 2.44. The molecule has 0 fully saturated rings. The predicted molar refractivity (Wildman–Crippen MR) is 88.2 cm³/mol. The van der Waals surface area contributed by atoms with E-state index in [1.165, 1.54) is 0 Å². The van der Waals surface area contributed by atoms with Crippen LogP contribution in [0.2, 0.25) is 18.1 Å². The third kappa shape index (κ3) is 4.47. The summed E-state index contributed by atoms with van der Waals surface area (Å²) in [7, 11) is -1.99. The first-order valence-corrected chi connectivity index (χ1v) is 10.6. The Labute approximate surface area is 126 Å². The molecule has 20 heavy (non-hydrogen) atoms. The summed E-state index contributed by atoms with van der Waals surface area (Å²) in [6.45, 7) is 17.5. The molecular weight excluding hydrogens is 264 g/mol. The standard InChI is InChI=1S/C17H32O2Si/c1-15(2,3)20(7,8)19-14(18)12-17(6)11-9-10-16(4,5)13-17/h9,11H,10,12-13H2,1-8H3/t17-/m1/s1. The number of carbonyl (C=O) groups excluding carboxylic acids is 1. The van der Waals surface area contributed by atoms with Gasteiger partial charge in [0.05, 0.1) is 6.42 Å². The number of carbonyl (C=O) groups is 1. The Hall–Kier alpha value is -0.573. The van der Waals surface area contributed by atoms with Gasteiger partial charge in [0, 0.05) is 0 Å². The Morgan fingerprint density at radius 1 is 1.25 bits per heavy atom. The second-order valence-electron chi connectivity index (χ2n) is 9.01. The third-order valence-corrected chi connectivity index (χ3v) is 9.15. The average Bonchev–Trinajstić information content (AvgIpc) is 2.10. The van der Waals surface area contributed by atoms with Crippen molar-refractivity contribution in [3.05, 3.63) is 12.2 Å². The second kappa shape index (κ2) is 5.32. The van der Waals surface area contributed by atoms with Crippen LogP contribution in [-0.4, -0.2) is 14.3 Å². The highest BCUT2D eigenvalue weighted by atomic mass is 28.4. The highest BCUT2D eigenvalue weighted by molar-refractivity contribution is 6.75. The zero-order valence-corrected chi connectivity index (χ0v) is 15.6. The van der Waals surface area contributed by atoms with E-state index >= 15 is 0 Å². The monoisotopic (exact) mass is 296 g/mol. The summed E-state index contributed by atoms with van der Waals surface area (Å²) in [5, 5.41) is 0.0746. The van der Waals surface area contributed by atoms with Crippen molar-refractivity contribution in [2.24, 2.45) is 10.8 Å². The van der Waals surface area contributed by atoms with Crippen LogP contribution in [-0.2, 0) is 9.22 Å². The SMILES string of the molecule is CC1(C)CC=C[C@](C)(CC(=O)O[Si](C)(C)C(C)(C)C)C1. The van der Waals surface area contributed by atoms with Gasteiger partial charge < -0.3 is 4.43 Å². The Balaban J connectivity index is 2.72. The van der Waals surface area contributed by atoms with E-state index in [1.54, 1.807) is 0 Å². The van der Waals surface area contributed by atoms with E-state index in [-0.39, 0.29) is 21.8 Å². The minimum absolute atomic E-state index is 0.0264. The zero-order chi connectivity index (χ0) is 15.8. The van der Waals surface area contributed by atoms with Gasteiger partial charge in [-0.2, -0.15) is 0 Å². The molecule has 0 aliphatic heterocycles. The quantitative estimate of drug-likeness (QED) is 0.521. The fourth-order valence-corrected chi connectivity index (χ4v) is 3.76. The van der Waals surface area contributed by atoms with Crippen LogP contribution in [0.5, 0.6) is 0 Å². The summed E-state index contributed by atoms with van der Waals surface area (Å²) in [5.74, 6) is -0.0264. The molecular formula is C17H32O2Si. The maximum absolute atomic E-state index is 12.4. The maximum atomic E-state index is 12.4. The molecule has 0 aromatic heterocycles. The van der Waals surface area contributed by atoms with Crippen LogP contribution in [0.25, 0.3) is 0 Å². The van der Waals surface area contributed by atoms with Gasteiger partial charge in [-0.15, -0.1) is 0 Å². The van der Waals surface area contributed by atoms with Crippen molar-refractivity contribution in [3.63, 3.8) is 0 Å². The molecule has 2 nitrogen and oxygen atoms in total. The van der Waals surface area contributed by atoms with E-state index in [2.05, 4.69) is 66.8 Å². The highest BCUT2D eigenvalue weighted by Gasteiger charge is 2.42. The van der Waals surface area contributed by atoms with Gasteiger partial charge in [0.25, 0.3) is 14.3 Å². The average molecular weight is 297 g/mol. The molecule has 0 unspecified atom stereocenters. The predicted octanol–water partition coefficient (Wildman–Crippen LogP) is 5.31. The van der Waals surface area contributed by atoms with Crippen molar-refractivity contribution < 1.29 is 9.22 Å². The molecule has 1 aliphatic carbocycles. The van der Waals surface area contributed by atoms with Crippen molar-refractivity contribution in [2.45, 2.75) is 78.9 Å². The summed E-state index contributed by atoms with van der Waals surface area (Å²) in [6, 6.07) is 0. The van der Waals surface area contributed by atoms with E-state index in [0.717, 1.165) is 12.8 Å². The first kappa shape index (κ1) is 17.5. The fourth-order valence-electron chi connectivity index (χ4n) is 2.81. The Morgan fingerprint density at radius 2 is 1.80 bits per heavy atom. The normalized spacial score (nSPS) is 26.4. The van der Waals surface area contributed by atoms with Crippen LogP contribution >= 0.6 is 0 Å². The molecule has 1 aliphatic rings. The third-order valence-electron chi connectivity index (χ3n) is 4.80. The molecule has 0 saturated carbocycles. The zero-order valence-electron chi connectivity index (χ0n) is 14.6. The van der Waals surface area contributed by atoms with Gasteiger partial charge in [-0.25, -0.2) is 0 Å². The molecule has 116 valence electrons. The summed E-state index contributed by atoms with van der Waals surface area (Å²) >= 11 is 0. The van der Waals surface area contributed by atoms with E-state index in [4.69, 9.17) is 4.43 Å². The summed E-state index contributed by atoms with van der Waals surface area (Å²) < 4.78 is 5.90. The summed E-state index contributed by atoms with van der Waals surface area (Å²) in [5.41, 5.74) is 0.224. The largest absolute Gasteiger partial charge is 0.519 e. The Kier molecular flexibility index (Phi) is 4.65. The second-order valence-corrected chi connectivity index (χ2v) is 13.7. The lowest BCUT2D eigenvalue weighted by molar-refractivity contribution is -0.137. The van der Waals surface area contributed by atoms with E-state index in [0.29, 0.717) is 6.42 Å². The van der Waals surface area contributed by atoms with Crippen LogP contribution in [0.4, 0.5) is 0 Å². The van der Waals surface area contributed by atoms with Gasteiger partial charge in [0.15, 0.2) is 0 Å². The molecule has 0 N–H and O–H groups in total. The van der Waals surface area contributed by atoms with Crippen LogP contribution in [0.1, 0.15) is 60.8 Å². The number of rotatable bonds is 3. The molecule has 0 radical (unpaired) electrons. The van der Waals surface area contributed by atoms with Gasteiger partial charge in [-0.05, 0) is 41.8 Å². The molecule has 0 heterocycles. The minimum Gasteiger partial charge on any atom is -0.519 e. The lowest BCUT2D eigenvalue weighted by atomic mass is 9.67. The molecule has 0 amide bonds. The molecule has 0 aromatic rings. The molecule has 1 rings (SSSR count). The molecule has 1 atom stereocenters. The van der Waals surface area contributed by atoms with E-state index in [9.17, 15) is 4.79 Å². The Morgan fingerprint density at radius 3 is 2.25 bits per heavy atom. The van der Waals surface area contributed by atoms with E-state index in [1.807, 2.05) is 0 Å². The van der Waals surface area contributed by atoms with Gasteiger partial charge in [0.1, 0.15) is 0 Å². The van der Waals surface area contributed by atoms with Gasteiger partial charge in [-0.3, -0.25) is 4.79 Å². The summed E-state index contributed by atoms with van der Waals surface area (Å²) in [4.78, 5) is 12.4. The van der Waals surface area contributed by atoms with E-state index < -0.39 is 8.32 Å². The van der Waals surface area contributed by atoms with Gasteiger partial charge in [0.2, 0.25) is 0 Å². The topological polar surface area (TPSA) is 26.3 Å². The Bertz CT molecular complexity index is 402. The molecule has 0 aromatic carbocycles. The first-order valence-electron chi connectivity index (χ1n) is 7.66.